The van der Waals surface area contributed by atoms with Crippen LogP contribution in [0.25, 0.3) is 0 Å². The molecule has 6 heteroatoms. The third-order valence-corrected chi connectivity index (χ3v) is 2.35. The van der Waals surface area contributed by atoms with Crippen LogP contribution in [0.2, 0.25) is 0 Å². The Balaban J connectivity index is 0.00000256. The molecule has 0 N–H and O–H groups in total. The van der Waals surface area contributed by atoms with Crippen LogP contribution in [0.4, 0.5) is 4.79 Å². The number of carbonyl (C=O) groups excluding carboxylic acids is 2. The molecular formula is C11H16CmNO4-. The largest absolute Gasteiger partial charge is 0.534 e. The number of hydrogen-bond acceptors (Lipinski definition) is 4. The molecule has 0 spiro atoms. The summed E-state index contributed by atoms with van der Waals surface area (Å²) in [6.07, 6.45) is 0.802. The molecule has 1 aliphatic heterocycles. The summed E-state index contributed by atoms with van der Waals surface area (Å²) < 4.78 is 4.95. The first kappa shape index (κ1) is 14.5. The number of hydrogen-bond donors (Lipinski definition) is 0. The molecule has 98 valence electrons. The Morgan fingerprint density at radius 3 is 2.65 bits per heavy atom. The van der Waals surface area contributed by atoms with Gasteiger partial charge in [-0.25, -0.2) is 4.79 Å². The fraction of sp³-hybridized carbons (Fsp3) is 0.545. The molecule has 0 radical (unpaired) electrons. The maximum atomic E-state index is 11.3. The Labute approximate surface area is 95.0 Å². The van der Waals surface area contributed by atoms with E-state index in [1.807, 2.05) is 6.92 Å². The number of rotatable bonds is 4. The molecule has 0 bridgehead atoms. The number of carbonyl (C=O) groups is 2. The zero-order valence-electron chi connectivity index (χ0n) is 9.75. The second-order valence-corrected chi connectivity index (χ2v) is 3.53. The predicted molar refractivity (Wildman–Crippen MR) is 56.8 cm³/mol. The van der Waals surface area contributed by atoms with Gasteiger partial charge in [-0.2, -0.15) is 0 Å². The van der Waals surface area contributed by atoms with Crippen LogP contribution in [0.3, 0.4) is 0 Å². The SMILES string of the molecule is C=C1CCC(=O)N1OC(=O)OC(C[CH2-])CC.[Cm]. The third kappa shape index (κ3) is 3.52. The average molecular weight is 473 g/mol. The molecule has 1 amide bonds. The van der Waals surface area contributed by atoms with E-state index in [2.05, 4.69) is 13.5 Å². The average Bonchev–Trinajstić information content (AvgIpc) is 2.57. The van der Waals surface area contributed by atoms with Crippen LogP contribution >= 0.6 is 0 Å². The van der Waals surface area contributed by atoms with Gasteiger partial charge in [-0.3, -0.25) is 9.63 Å². The minimum atomic E-state index is -0.883. The van der Waals surface area contributed by atoms with Gasteiger partial charge in [0.1, 0.15) is 0 Å². The molecule has 1 heterocycles. The first-order valence-electron chi connectivity index (χ1n) is 5.27. The molecule has 1 fully saturated rings. The molecule has 17 heavy (non-hydrogen) atoms. The van der Waals surface area contributed by atoms with Gasteiger partial charge in [0, 0.05) is 6.42 Å². The second kappa shape index (κ2) is 6.15. The van der Waals surface area contributed by atoms with Crippen LogP contribution in [0.15, 0.2) is 12.3 Å². The van der Waals surface area contributed by atoms with Gasteiger partial charge in [0.15, 0.2) is 0 Å². The van der Waals surface area contributed by atoms with Crippen LogP contribution in [0.1, 0.15) is 32.6 Å². The van der Waals surface area contributed by atoms with Crippen LogP contribution in [0, 0.1) is 6.92 Å². The number of amides is 1. The molecule has 0 saturated carbocycles. The molecule has 0 aromatic heterocycles. The quantitative estimate of drug-likeness (QED) is 0.464. The van der Waals surface area contributed by atoms with E-state index in [9.17, 15) is 9.59 Å². The molecule has 1 atom stereocenters. The van der Waals surface area contributed by atoms with Gasteiger partial charge < -0.3 is 11.7 Å². The van der Waals surface area contributed by atoms with Gasteiger partial charge in [0.05, 0.1) is 11.8 Å². The minimum Gasteiger partial charge on any atom is -0.432 e. The van der Waals surface area contributed by atoms with Crippen LogP contribution < -0.4 is 0 Å². The Hall–Kier alpha value is -2.52. The van der Waals surface area contributed by atoms with E-state index in [1.54, 1.807) is 0 Å². The van der Waals surface area contributed by atoms with Crippen molar-refractivity contribution in [1.29, 1.82) is 0 Å². The molecule has 0 aromatic carbocycles. The first-order chi connectivity index (χ1) is 7.58. The predicted octanol–water partition coefficient (Wildman–Crippen LogP) is 2.19. The van der Waals surface area contributed by atoms with Crippen molar-refractivity contribution in [2.45, 2.75) is 38.7 Å². The van der Waals surface area contributed by atoms with Crippen LogP contribution in [0.5, 0.6) is 0 Å². The van der Waals surface area contributed by atoms with E-state index in [1.165, 1.54) is 0 Å². The Kier molecular flexibility index (Phi) is 5.24. The Morgan fingerprint density at radius 1 is 1.59 bits per heavy atom. The second-order valence-electron chi connectivity index (χ2n) is 3.53. The van der Waals surface area contributed by atoms with Gasteiger partial charge >= 0.3 is 6.16 Å². The summed E-state index contributed by atoms with van der Waals surface area (Å²) in [5.74, 6) is -0.273. The van der Waals surface area contributed by atoms with Crippen molar-refractivity contribution in [3.05, 3.63) is 19.2 Å². The van der Waals surface area contributed by atoms with Gasteiger partial charge in [0.25, 0.3) is 5.91 Å². The van der Waals surface area contributed by atoms with E-state index in [-0.39, 0.29) is 12.0 Å². The van der Waals surface area contributed by atoms with E-state index in [0.717, 1.165) is 5.06 Å². The van der Waals surface area contributed by atoms with Crippen molar-refractivity contribution in [3.63, 3.8) is 0 Å². The monoisotopic (exact) mass is 469 g/mol. The summed E-state index contributed by atoms with van der Waals surface area (Å²) in [6, 6.07) is 0. The fourth-order valence-corrected chi connectivity index (χ4v) is 1.32. The zero-order chi connectivity index (χ0) is 12.1. The summed E-state index contributed by atoms with van der Waals surface area (Å²) >= 11 is 0. The molecule has 1 rings (SSSR count). The standard InChI is InChI=1S/C11H16NO4.Cm/c1-4-9(5-2)15-11(14)16-12-8(3)6-7-10(12)13;/h9H,1,3-7H2,2H3;/q-1;. The van der Waals surface area contributed by atoms with Crippen molar-refractivity contribution < 1.29 is 19.2 Å². The molecule has 0 aromatic rings. The number of hydroxylamine groups is 2. The van der Waals surface area contributed by atoms with Crippen molar-refractivity contribution in [3.8, 4) is 0 Å². The summed E-state index contributed by atoms with van der Waals surface area (Å²) in [5.41, 5.74) is 0.477. The number of allylic oxidation sites excluding steroid dienone is 1. The van der Waals surface area contributed by atoms with Crippen molar-refractivity contribution in [1.82, 2.24) is 5.06 Å². The van der Waals surface area contributed by atoms with E-state index in [0.29, 0.717) is 31.4 Å². The van der Waals surface area contributed by atoms with Crippen LogP contribution in [-0.4, -0.2) is 23.2 Å². The van der Waals surface area contributed by atoms with E-state index >= 15 is 0 Å². The van der Waals surface area contributed by atoms with Crippen LogP contribution in [-0.2, 0) is 14.4 Å². The first-order valence-corrected chi connectivity index (χ1v) is 5.27. The summed E-state index contributed by atoms with van der Waals surface area (Å²) in [4.78, 5) is 27.3. The topological polar surface area (TPSA) is 55.8 Å². The third-order valence-electron chi connectivity index (χ3n) is 2.35. The normalized spacial score (nSPS) is 16.5. The molecule has 1 saturated heterocycles. The minimum absolute atomic E-state index is 0. The van der Waals surface area contributed by atoms with E-state index in [4.69, 9.17) is 9.57 Å². The molecule has 5 nitrogen and oxygen atoms in total. The molecular weight excluding hydrogens is 457 g/mol. The summed E-state index contributed by atoms with van der Waals surface area (Å²) in [6.45, 7) is 9.14. The molecule has 1 aliphatic rings. The molecule has 0 aliphatic carbocycles. The number of ether oxygens (including phenoxy) is 1. The van der Waals surface area contributed by atoms with Gasteiger partial charge in [-0.1, -0.05) is 13.5 Å². The zero-order valence-corrected chi connectivity index (χ0v) is 12.7. The van der Waals surface area contributed by atoms with Gasteiger partial charge in [-0.15, -0.1) is 11.5 Å². The van der Waals surface area contributed by atoms with Crippen molar-refractivity contribution >= 4 is 12.1 Å². The number of nitrogens with zero attached hydrogens (tertiary/aromatic N) is 1. The summed E-state index contributed by atoms with van der Waals surface area (Å²) in [5, 5.41) is 0.901. The Bertz CT molecular complexity index is 286. The van der Waals surface area contributed by atoms with Gasteiger partial charge in [-0.05, 0) is 12.8 Å². The Morgan fingerprint density at radius 2 is 2.24 bits per heavy atom. The van der Waals surface area contributed by atoms with Crippen molar-refractivity contribution in [2.24, 2.45) is 0 Å². The van der Waals surface area contributed by atoms with Gasteiger partial charge in [0.2, 0.25) is 0 Å². The summed E-state index contributed by atoms with van der Waals surface area (Å²) in [7, 11) is 0. The fourth-order valence-electron chi connectivity index (χ4n) is 1.32. The smallest absolute Gasteiger partial charge is 0.432 e. The van der Waals surface area contributed by atoms with Crippen molar-refractivity contribution in [2.75, 3.05) is 0 Å². The maximum Gasteiger partial charge on any atom is 0.534 e. The van der Waals surface area contributed by atoms with E-state index < -0.39 is 6.16 Å². The molecule has 1 unspecified atom stereocenters. The maximum absolute atomic E-state index is 11.3.